The fourth-order valence-electron chi connectivity index (χ4n) is 0. The van der Waals surface area contributed by atoms with Gasteiger partial charge in [0.1, 0.15) is 0 Å². The zero-order chi connectivity index (χ0) is 0. The predicted octanol–water partition coefficient (Wildman–Crippen LogP) is -4.53. The molecule has 0 aliphatic rings. The molecule has 8 heavy (non-hydrogen) atoms. The molecule has 0 unspecified atom stereocenters. The molecule has 0 saturated carbocycles. The van der Waals surface area contributed by atoms with Crippen molar-refractivity contribution in [2.45, 2.75) is 0 Å². The van der Waals surface area contributed by atoms with Gasteiger partial charge in [0.05, 0.1) is 0 Å². The van der Waals surface area contributed by atoms with Gasteiger partial charge in [0.25, 0.3) is 0 Å². The first-order chi connectivity index (χ1) is 0. The second-order valence-corrected chi connectivity index (χ2v) is 0. The first kappa shape index (κ1) is 960. The molecule has 0 aliphatic heterocycles. The third-order valence-corrected chi connectivity index (χ3v) is 0. The van der Waals surface area contributed by atoms with Crippen LogP contribution in [0.2, 0.25) is 0 Å². The van der Waals surface area contributed by atoms with E-state index in [1.165, 1.54) is 0 Å². The minimum Gasteiger partial charge on any atom is -0.412 e. The van der Waals surface area contributed by atoms with Crippen LogP contribution < -0.4 is 0 Å². The normalized spacial score (nSPS) is 0. The number of halogens is 1. The van der Waals surface area contributed by atoms with Crippen LogP contribution in [-0.2, 0) is 21.1 Å². The summed E-state index contributed by atoms with van der Waals surface area (Å²) in [5.74, 6) is 0. The minimum atomic E-state index is 0. The predicted molar refractivity (Wildman–Crippen MR) is 28.9 cm³/mol. The molecule has 0 rings (SSSR count). The fourth-order valence-corrected chi connectivity index (χ4v) is 0. The molecule has 0 atom stereocenters. The Kier molecular flexibility index (Phi) is 77300. The molecule has 0 radical (unpaired) electrons. The average Bonchev–Trinajstić information content (AvgIpc) is 0. The van der Waals surface area contributed by atoms with Crippen LogP contribution in [0, 0.1) is 0 Å². The molecular weight excluding hydrogens is 227 g/mol. The Bertz CT molecular complexity index is 8.49. The smallest absolute Gasteiger partial charge is 0 e. The molecule has 0 saturated heterocycles. The van der Waals surface area contributed by atoms with Crippen molar-refractivity contribution in [1.82, 2.24) is 0 Å². The first-order valence-corrected chi connectivity index (χ1v) is 0. The van der Waals surface area contributed by atoms with Gasteiger partial charge in [-0.1, -0.05) is 0 Å². The largest absolute Gasteiger partial charge is 0.412 e. The van der Waals surface area contributed by atoms with Gasteiger partial charge in [0.2, 0.25) is 0 Å². The van der Waals surface area contributed by atoms with Gasteiger partial charge in [-0.3, -0.25) is 0 Å². The molecule has 0 fully saturated rings. The maximum Gasteiger partial charge on any atom is 0 e. The Balaban J connectivity index is 0. The van der Waals surface area contributed by atoms with Crippen molar-refractivity contribution >= 4 is 12.4 Å². The van der Waals surface area contributed by atoms with Crippen molar-refractivity contribution in [1.29, 1.82) is 0 Å². The topological polar surface area (TPSA) is 189 Å². The number of rotatable bonds is 0. The monoisotopic (exact) mass is 242 g/mol. The molecule has 12 N–H and O–H groups in total. The molecule has 0 aromatic carbocycles. The van der Waals surface area contributed by atoms with Crippen molar-refractivity contribution in [3.63, 3.8) is 0 Å². The molecule has 0 aliphatic carbocycles. The van der Waals surface area contributed by atoms with E-state index in [1.807, 2.05) is 0 Å². The summed E-state index contributed by atoms with van der Waals surface area (Å²) >= 11 is 0. The van der Waals surface area contributed by atoms with E-state index in [9.17, 15) is 0 Å². The van der Waals surface area contributed by atoms with Crippen LogP contribution in [0.15, 0.2) is 0 Å². The first-order valence-electron chi connectivity index (χ1n) is 0. The fraction of sp³-hybridized carbons (Fsp3) is 0. The van der Waals surface area contributed by atoms with Gasteiger partial charge in [-0.15, -0.1) is 12.4 Å². The zero-order valence-electron chi connectivity index (χ0n) is 3.82. The van der Waals surface area contributed by atoms with Crippen molar-refractivity contribution in [3.05, 3.63) is 0 Å². The maximum absolute atomic E-state index is 0. The summed E-state index contributed by atoms with van der Waals surface area (Å²) in [5.41, 5.74) is 0. The van der Waals surface area contributed by atoms with E-state index < -0.39 is 0 Å². The third-order valence-electron chi connectivity index (χ3n) is 0. The van der Waals surface area contributed by atoms with Crippen LogP contribution in [0.25, 0.3) is 0 Å². The van der Waals surface area contributed by atoms with Gasteiger partial charge < -0.3 is 32.9 Å². The van der Waals surface area contributed by atoms with E-state index >= 15 is 0 Å². The average molecular weight is 240 g/mol. The van der Waals surface area contributed by atoms with Crippen LogP contribution in [0.4, 0.5) is 0 Å². The standard InChI is InChI=1S/ClH.Mo.6H2O/h1H;;6*1H2. The van der Waals surface area contributed by atoms with E-state index in [0.717, 1.165) is 0 Å². The zero-order valence-corrected chi connectivity index (χ0v) is 6.64. The molecule has 0 aromatic heterocycles. The van der Waals surface area contributed by atoms with E-state index in [4.69, 9.17) is 0 Å². The maximum atomic E-state index is 0. The summed E-state index contributed by atoms with van der Waals surface area (Å²) in [7, 11) is 0. The summed E-state index contributed by atoms with van der Waals surface area (Å²) in [5, 5.41) is 0. The molecule has 62 valence electrons. The Morgan fingerprint density at radius 3 is 0.375 bits per heavy atom. The van der Waals surface area contributed by atoms with Gasteiger partial charge in [0, 0.05) is 21.1 Å². The third kappa shape index (κ3) is 407. The number of hydrogen-bond donors (Lipinski definition) is 0. The van der Waals surface area contributed by atoms with Gasteiger partial charge in [-0.05, 0) is 0 Å². The van der Waals surface area contributed by atoms with Crippen LogP contribution in [0.3, 0.4) is 0 Å². The Morgan fingerprint density at radius 1 is 0.375 bits per heavy atom. The van der Waals surface area contributed by atoms with Gasteiger partial charge >= 0.3 is 0 Å². The van der Waals surface area contributed by atoms with Gasteiger partial charge in [-0.25, -0.2) is 0 Å². The second-order valence-electron chi connectivity index (χ2n) is 0. The second kappa shape index (κ2) is 645. The van der Waals surface area contributed by atoms with E-state index in [0.29, 0.717) is 0 Å². The Morgan fingerprint density at radius 2 is 0.375 bits per heavy atom. The van der Waals surface area contributed by atoms with E-state index in [2.05, 4.69) is 0 Å². The van der Waals surface area contributed by atoms with Gasteiger partial charge in [0.15, 0.2) is 0 Å². The summed E-state index contributed by atoms with van der Waals surface area (Å²) in [6.45, 7) is 0. The van der Waals surface area contributed by atoms with Crippen molar-refractivity contribution in [2.75, 3.05) is 0 Å². The van der Waals surface area contributed by atoms with Crippen LogP contribution in [0.5, 0.6) is 0 Å². The van der Waals surface area contributed by atoms with Crippen LogP contribution in [0.1, 0.15) is 0 Å². The summed E-state index contributed by atoms with van der Waals surface area (Å²) in [6, 6.07) is 0. The molecule has 8 heteroatoms. The van der Waals surface area contributed by atoms with Crippen LogP contribution >= 0.6 is 12.4 Å². The molecule has 0 aromatic rings. The quantitative estimate of drug-likeness (QED) is 0.369. The van der Waals surface area contributed by atoms with Crippen molar-refractivity contribution in [2.24, 2.45) is 0 Å². The summed E-state index contributed by atoms with van der Waals surface area (Å²) < 4.78 is 0. The van der Waals surface area contributed by atoms with Crippen LogP contribution in [-0.4, -0.2) is 32.9 Å². The Labute approximate surface area is 66.8 Å². The molecule has 0 bridgehead atoms. The molecular formula is H13ClMoO6. The number of hydrogen-bond acceptors (Lipinski definition) is 0. The SMILES string of the molecule is Cl.O.O.O.O.O.O.[Mo]. The van der Waals surface area contributed by atoms with Crippen molar-refractivity contribution in [3.8, 4) is 0 Å². The summed E-state index contributed by atoms with van der Waals surface area (Å²) in [4.78, 5) is 0. The summed E-state index contributed by atoms with van der Waals surface area (Å²) in [6.07, 6.45) is 0. The van der Waals surface area contributed by atoms with E-state index in [-0.39, 0.29) is 66.3 Å². The molecule has 0 amide bonds. The van der Waals surface area contributed by atoms with Crippen molar-refractivity contribution < 1.29 is 53.9 Å². The molecule has 6 nitrogen and oxygen atoms in total. The molecule has 0 heterocycles. The molecule has 0 spiro atoms. The Hall–Kier alpha value is 0.738. The van der Waals surface area contributed by atoms with E-state index in [1.54, 1.807) is 0 Å². The van der Waals surface area contributed by atoms with Gasteiger partial charge in [-0.2, -0.15) is 0 Å². The minimum absolute atomic E-state index is 0.